The second-order valence-corrected chi connectivity index (χ2v) is 3.52. The normalized spacial score (nSPS) is 11.3. The first-order valence-corrected chi connectivity index (χ1v) is 5.34. The van der Waals surface area contributed by atoms with Gasteiger partial charge in [-0.2, -0.15) is 5.10 Å². The lowest BCUT2D eigenvalue weighted by atomic mass is 10.2. The lowest BCUT2D eigenvalue weighted by Crippen LogP contribution is -2.25. The highest BCUT2D eigenvalue weighted by atomic mass is 16.2. The number of rotatable bonds is 3. The van der Waals surface area contributed by atoms with E-state index in [-0.39, 0.29) is 5.69 Å². The first kappa shape index (κ1) is 11.8. The van der Waals surface area contributed by atoms with Gasteiger partial charge < -0.3 is 0 Å². The minimum atomic E-state index is -0.614. The molecular formula is C13H11N3O2. The van der Waals surface area contributed by atoms with Gasteiger partial charge in [-0.25, -0.2) is 9.89 Å². The summed E-state index contributed by atoms with van der Waals surface area (Å²) in [6, 6.07) is 9.76. The molecule has 1 heterocycles. The molecule has 18 heavy (non-hydrogen) atoms. The quantitative estimate of drug-likeness (QED) is 0.792. The van der Waals surface area contributed by atoms with E-state index in [2.05, 4.69) is 15.2 Å². The Labute approximate surface area is 103 Å². The zero-order valence-electron chi connectivity index (χ0n) is 9.46. The molecule has 0 aliphatic carbocycles. The molecule has 90 valence electrons. The van der Waals surface area contributed by atoms with Gasteiger partial charge in [0.05, 0.1) is 0 Å². The Hall–Kier alpha value is -2.69. The second kappa shape index (κ2) is 5.58. The molecule has 2 rings (SSSR count). The molecular weight excluding hydrogens is 230 g/mol. The van der Waals surface area contributed by atoms with Crippen molar-refractivity contribution in [3.63, 3.8) is 0 Å². The minimum Gasteiger partial charge on any atom is -0.271 e. The van der Waals surface area contributed by atoms with Crippen molar-refractivity contribution in [2.75, 3.05) is 0 Å². The molecule has 0 aliphatic rings. The van der Waals surface area contributed by atoms with Gasteiger partial charge in [-0.1, -0.05) is 48.6 Å². The van der Waals surface area contributed by atoms with Crippen molar-refractivity contribution in [3.8, 4) is 0 Å². The molecule has 5 heteroatoms. The molecule has 0 aliphatic heterocycles. The van der Waals surface area contributed by atoms with Crippen molar-refractivity contribution in [2.24, 2.45) is 0 Å². The Morgan fingerprint density at radius 2 is 1.72 bits per heavy atom. The van der Waals surface area contributed by atoms with Crippen molar-refractivity contribution in [1.29, 1.82) is 0 Å². The first-order chi connectivity index (χ1) is 8.75. The largest absolute Gasteiger partial charge is 0.342 e. The monoisotopic (exact) mass is 241 g/mol. The average molecular weight is 241 g/mol. The third-order valence-corrected chi connectivity index (χ3v) is 2.19. The van der Waals surface area contributed by atoms with Gasteiger partial charge >= 0.3 is 5.69 Å². The summed E-state index contributed by atoms with van der Waals surface area (Å²) in [6.45, 7) is 0. The van der Waals surface area contributed by atoms with Crippen LogP contribution in [0.3, 0.4) is 0 Å². The number of nitrogens with zero attached hydrogens (tertiary/aromatic N) is 1. The van der Waals surface area contributed by atoms with Gasteiger partial charge in [0.1, 0.15) is 5.69 Å². The summed E-state index contributed by atoms with van der Waals surface area (Å²) in [5.74, 6) is 0. The maximum Gasteiger partial charge on any atom is 0.342 e. The van der Waals surface area contributed by atoms with Crippen LogP contribution in [0.1, 0.15) is 11.3 Å². The molecule has 0 fully saturated rings. The number of nitrogens with one attached hydrogen (secondary N) is 2. The Balaban J connectivity index is 2.10. The zero-order chi connectivity index (χ0) is 12.8. The predicted octanol–water partition coefficient (Wildman–Crippen LogP) is 1.18. The van der Waals surface area contributed by atoms with Gasteiger partial charge in [-0.15, -0.1) is 0 Å². The Kier molecular flexibility index (Phi) is 3.66. The standard InChI is InChI=1S/C13H11N3O2/c17-12-11(15-16-13(18)14-12)9-5-4-8-10-6-2-1-3-7-10/h1-9H,(H2,14,16,17,18). The Morgan fingerprint density at radius 3 is 2.44 bits per heavy atom. The van der Waals surface area contributed by atoms with Gasteiger partial charge in [-0.05, 0) is 11.6 Å². The summed E-state index contributed by atoms with van der Waals surface area (Å²) < 4.78 is 0. The smallest absolute Gasteiger partial charge is 0.271 e. The van der Waals surface area contributed by atoms with E-state index in [9.17, 15) is 9.59 Å². The van der Waals surface area contributed by atoms with E-state index in [1.165, 1.54) is 6.08 Å². The predicted molar refractivity (Wildman–Crippen MR) is 70.0 cm³/mol. The van der Waals surface area contributed by atoms with Crippen LogP contribution in [-0.4, -0.2) is 15.2 Å². The SMILES string of the molecule is O=c1[nH]nc(C=CC=Cc2ccccc2)c(=O)[nH]1. The lowest BCUT2D eigenvalue weighted by Gasteiger charge is -1.89. The van der Waals surface area contributed by atoms with Crippen LogP contribution in [0, 0.1) is 0 Å². The summed E-state index contributed by atoms with van der Waals surface area (Å²) in [5, 5.41) is 5.78. The van der Waals surface area contributed by atoms with Crippen molar-refractivity contribution >= 4 is 12.2 Å². The summed E-state index contributed by atoms with van der Waals surface area (Å²) in [4.78, 5) is 24.1. The number of benzene rings is 1. The van der Waals surface area contributed by atoms with E-state index in [0.29, 0.717) is 0 Å². The van der Waals surface area contributed by atoms with Crippen LogP contribution < -0.4 is 11.2 Å². The molecule has 0 saturated carbocycles. The number of hydrogen-bond donors (Lipinski definition) is 2. The van der Waals surface area contributed by atoms with Gasteiger partial charge in [-0.3, -0.25) is 9.78 Å². The van der Waals surface area contributed by atoms with Gasteiger partial charge in [0.15, 0.2) is 0 Å². The fourth-order valence-electron chi connectivity index (χ4n) is 1.35. The van der Waals surface area contributed by atoms with Crippen molar-refractivity contribution in [1.82, 2.24) is 15.2 Å². The van der Waals surface area contributed by atoms with E-state index >= 15 is 0 Å². The second-order valence-electron chi connectivity index (χ2n) is 3.52. The highest BCUT2D eigenvalue weighted by Gasteiger charge is 1.95. The number of H-pyrrole nitrogens is 2. The fourth-order valence-corrected chi connectivity index (χ4v) is 1.35. The van der Waals surface area contributed by atoms with Gasteiger partial charge in [0, 0.05) is 0 Å². The maximum atomic E-state index is 11.3. The lowest BCUT2D eigenvalue weighted by molar-refractivity contribution is 0.879. The van der Waals surface area contributed by atoms with Crippen molar-refractivity contribution in [2.45, 2.75) is 0 Å². The molecule has 2 N–H and O–H groups in total. The molecule has 1 aromatic carbocycles. The van der Waals surface area contributed by atoms with Crippen LogP contribution in [0.4, 0.5) is 0 Å². The molecule has 1 aromatic heterocycles. The number of aromatic nitrogens is 3. The van der Waals surface area contributed by atoms with Crippen molar-refractivity contribution in [3.05, 3.63) is 74.6 Å². The molecule has 2 aromatic rings. The molecule has 0 spiro atoms. The highest BCUT2D eigenvalue weighted by Crippen LogP contribution is 2.01. The summed E-state index contributed by atoms with van der Waals surface area (Å²) >= 11 is 0. The average Bonchev–Trinajstić information content (AvgIpc) is 2.38. The van der Waals surface area contributed by atoms with Crippen LogP contribution in [0.5, 0.6) is 0 Å². The first-order valence-electron chi connectivity index (χ1n) is 5.34. The van der Waals surface area contributed by atoms with Crippen molar-refractivity contribution < 1.29 is 0 Å². The van der Waals surface area contributed by atoms with Crippen LogP contribution in [0.15, 0.2) is 52.1 Å². The minimum absolute atomic E-state index is 0.160. The Morgan fingerprint density at radius 1 is 1.00 bits per heavy atom. The fraction of sp³-hybridized carbons (Fsp3) is 0. The topological polar surface area (TPSA) is 78.6 Å². The summed E-state index contributed by atoms with van der Waals surface area (Å²) in [6.07, 6.45) is 6.90. The van der Waals surface area contributed by atoms with E-state index in [1.54, 1.807) is 12.2 Å². The highest BCUT2D eigenvalue weighted by molar-refractivity contribution is 5.54. The number of allylic oxidation sites excluding steroid dienone is 2. The molecule has 0 amide bonds. The van der Waals surface area contributed by atoms with Crippen LogP contribution >= 0.6 is 0 Å². The number of aromatic amines is 2. The Bertz CT molecular complexity index is 681. The maximum absolute atomic E-state index is 11.3. The van der Waals surface area contributed by atoms with Crippen LogP contribution in [-0.2, 0) is 0 Å². The van der Waals surface area contributed by atoms with E-state index < -0.39 is 11.2 Å². The van der Waals surface area contributed by atoms with E-state index in [4.69, 9.17) is 0 Å². The van der Waals surface area contributed by atoms with Gasteiger partial charge in [0.2, 0.25) is 0 Å². The molecule has 0 unspecified atom stereocenters. The molecule has 0 radical (unpaired) electrons. The summed E-state index contributed by atoms with van der Waals surface area (Å²) in [5.41, 5.74) is 0.0953. The van der Waals surface area contributed by atoms with E-state index in [0.717, 1.165) is 5.56 Å². The zero-order valence-corrected chi connectivity index (χ0v) is 9.46. The third kappa shape index (κ3) is 3.15. The molecule has 0 saturated heterocycles. The van der Waals surface area contributed by atoms with Crippen LogP contribution in [0.2, 0.25) is 0 Å². The third-order valence-electron chi connectivity index (χ3n) is 2.19. The molecule has 0 atom stereocenters. The molecule has 5 nitrogen and oxygen atoms in total. The molecule has 0 bridgehead atoms. The van der Waals surface area contributed by atoms with Crippen LogP contribution in [0.25, 0.3) is 12.2 Å². The summed E-state index contributed by atoms with van der Waals surface area (Å²) in [7, 11) is 0. The van der Waals surface area contributed by atoms with Gasteiger partial charge in [0.25, 0.3) is 5.56 Å². The number of hydrogen-bond acceptors (Lipinski definition) is 3. The van der Waals surface area contributed by atoms with E-state index in [1.807, 2.05) is 36.4 Å².